The van der Waals surface area contributed by atoms with E-state index in [1.54, 1.807) is 0 Å². The molecule has 100 valence electrons. The van der Waals surface area contributed by atoms with Crippen molar-refractivity contribution >= 4 is 0 Å². The molecule has 1 N–H and O–H groups in total. The third kappa shape index (κ3) is 3.23. The Hall–Kier alpha value is -0.0800. The smallest absolute Gasteiger partial charge is 0.0303 e. The standard InChI is InChI=1S/C15H30N2/c1-5-15(4)11-16-14(13-6-7-13)10-17(15)9-8-12(2)3/h12-14,16H,5-11H2,1-4H3. The van der Waals surface area contributed by atoms with Gasteiger partial charge >= 0.3 is 0 Å². The fourth-order valence-electron chi connectivity index (χ4n) is 2.92. The fourth-order valence-corrected chi connectivity index (χ4v) is 2.92. The molecule has 1 aliphatic heterocycles. The molecule has 0 amide bonds. The van der Waals surface area contributed by atoms with E-state index in [0.29, 0.717) is 5.54 Å². The lowest BCUT2D eigenvalue weighted by Crippen LogP contribution is -2.63. The minimum absolute atomic E-state index is 0.389. The zero-order chi connectivity index (χ0) is 12.5. The molecule has 0 bridgehead atoms. The van der Waals surface area contributed by atoms with Crippen LogP contribution < -0.4 is 5.32 Å². The molecule has 2 nitrogen and oxygen atoms in total. The third-order valence-electron chi connectivity index (χ3n) is 4.85. The highest BCUT2D eigenvalue weighted by Crippen LogP contribution is 2.36. The largest absolute Gasteiger partial charge is 0.311 e. The van der Waals surface area contributed by atoms with Crippen LogP contribution in [0.2, 0.25) is 0 Å². The van der Waals surface area contributed by atoms with E-state index in [1.807, 2.05) is 0 Å². The minimum Gasteiger partial charge on any atom is -0.311 e. The Kier molecular flexibility index (Phi) is 4.14. The second-order valence-electron chi connectivity index (χ2n) is 6.80. The highest BCUT2D eigenvalue weighted by atomic mass is 15.3. The maximum Gasteiger partial charge on any atom is 0.0303 e. The number of hydrogen-bond acceptors (Lipinski definition) is 2. The second-order valence-corrected chi connectivity index (χ2v) is 6.80. The summed E-state index contributed by atoms with van der Waals surface area (Å²) in [6.45, 7) is 13.2. The Balaban J connectivity index is 1.93. The molecule has 2 unspecified atom stereocenters. The van der Waals surface area contributed by atoms with Gasteiger partial charge in [-0.1, -0.05) is 20.8 Å². The summed E-state index contributed by atoms with van der Waals surface area (Å²) in [5.41, 5.74) is 0.389. The van der Waals surface area contributed by atoms with E-state index < -0.39 is 0 Å². The van der Waals surface area contributed by atoms with Crippen LogP contribution in [0.1, 0.15) is 53.4 Å². The number of hydrogen-bond donors (Lipinski definition) is 1. The van der Waals surface area contributed by atoms with Crippen LogP contribution in [-0.2, 0) is 0 Å². The summed E-state index contributed by atoms with van der Waals surface area (Å²) in [4.78, 5) is 2.77. The summed E-state index contributed by atoms with van der Waals surface area (Å²) in [5, 5.41) is 3.80. The Morgan fingerprint density at radius 3 is 2.59 bits per heavy atom. The van der Waals surface area contributed by atoms with Gasteiger partial charge in [0.05, 0.1) is 0 Å². The highest BCUT2D eigenvalue weighted by molar-refractivity contribution is 4.99. The van der Waals surface area contributed by atoms with Gasteiger partial charge in [0.15, 0.2) is 0 Å². The van der Waals surface area contributed by atoms with Crippen LogP contribution in [0.25, 0.3) is 0 Å². The van der Waals surface area contributed by atoms with Crippen LogP contribution in [0.15, 0.2) is 0 Å². The molecule has 2 heteroatoms. The molecule has 0 aromatic rings. The lowest BCUT2D eigenvalue weighted by atomic mass is 9.90. The summed E-state index contributed by atoms with van der Waals surface area (Å²) in [5.74, 6) is 1.81. The monoisotopic (exact) mass is 238 g/mol. The van der Waals surface area contributed by atoms with Gasteiger partial charge in [0, 0.05) is 24.7 Å². The predicted molar refractivity (Wildman–Crippen MR) is 74.2 cm³/mol. The molecule has 1 saturated carbocycles. The van der Waals surface area contributed by atoms with E-state index in [4.69, 9.17) is 0 Å². The van der Waals surface area contributed by atoms with E-state index >= 15 is 0 Å². The lowest BCUT2D eigenvalue weighted by molar-refractivity contribution is 0.0403. The van der Waals surface area contributed by atoms with Crippen molar-refractivity contribution in [1.29, 1.82) is 0 Å². The first-order valence-corrected chi connectivity index (χ1v) is 7.53. The van der Waals surface area contributed by atoms with E-state index in [-0.39, 0.29) is 0 Å². The zero-order valence-corrected chi connectivity index (χ0v) is 12.1. The lowest BCUT2D eigenvalue weighted by Gasteiger charge is -2.48. The Morgan fingerprint density at radius 1 is 1.35 bits per heavy atom. The number of nitrogens with one attached hydrogen (secondary N) is 1. The summed E-state index contributed by atoms with van der Waals surface area (Å²) in [7, 11) is 0. The van der Waals surface area contributed by atoms with E-state index in [9.17, 15) is 0 Å². The SMILES string of the molecule is CCC1(C)CNC(C2CC2)CN1CCC(C)C. The molecule has 0 aromatic heterocycles. The normalized spacial score (nSPS) is 35.5. The van der Waals surface area contributed by atoms with Crippen molar-refractivity contribution in [3.63, 3.8) is 0 Å². The Bertz CT molecular complexity index is 247. The van der Waals surface area contributed by atoms with Gasteiger partial charge in [0.25, 0.3) is 0 Å². The molecular formula is C15H30N2. The molecule has 0 spiro atoms. The Labute approximate surface area is 107 Å². The summed E-state index contributed by atoms with van der Waals surface area (Å²) in [6.07, 6.45) is 5.51. The molecule has 1 heterocycles. The first-order valence-electron chi connectivity index (χ1n) is 7.53. The summed E-state index contributed by atoms with van der Waals surface area (Å²) < 4.78 is 0. The van der Waals surface area contributed by atoms with Crippen LogP contribution in [0.5, 0.6) is 0 Å². The topological polar surface area (TPSA) is 15.3 Å². The van der Waals surface area contributed by atoms with Gasteiger partial charge in [-0.15, -0.1) is 0 Å². The average molecular weight is 238 g/mol. The molecule has 1 saturated heterocycles. The van der Waals surface area contributed by atoms with Crippen LogP contribution >= 0.6 is 0 Å². The van der Waals surface area contributed by atoms with E-state index in [1.165, 1.54) is 45.3 Å². The Morgan fingerprint density at radius 2 is 2.06 bits per heavy atom. The van der Waals surface area contributed by atoms with Crippen molar-refractivity contribution in [2.75, 3.05) is 19.6 Å². The van der Waals surface area contributed by atoms with Gasteiger partial charge in [-0.05, 0) is 51.0 Å². The molecule has 2 fully saturated rings. The van der Waals surface area contributed by atoms with Gasteiger partial charge in [-0.3, -0.25) is 4.90 Å². The fraction of sp³-hybridized carbons (Fsp3) is 1.00. The molecule has 2 aliphatic rings. The second kappa shape index (κ2) is 5.27. The van der Waals surface area contributed by atoms with Crippen molar-refractivity contribution in [3.8, 4) is 0 Å². The van der Waals surface area contributed by atoms with Crippen molar-refractivity contribution in [2.45, 2.75) is 65.0 Å². The molecule has 2 atom stereocenters. The first-order chi connectivity index (χ1) is 8.05. The van der Waals surface area contributed by atoms with Crippen LogP contribution in [0, 0.1) is 11.8 Å². The molecule has 17 heavy (non-hydrogen) atoms. The molecule has 1 aliphatic carbocycles. The zero-order valence-electron chi connectivity index (χ0n) is 12.1. The van der Waals surface area contributed by atoms with Gasteiger partial charge in [-0.2, -0.15) is 0 Å². The van der Waals surface area contributed by atoms with Gasteiger partial charge < -0.3 is 5.32 Å². The molecule has 0 radical (unpaired) electrons. The van der Waals surface area contributed by atoms with Crippen LogP contribution in [0.4, 0.5) is 0 Å². The van der Waals surface area contributed by atoms with Crippen molar-refractivity contribution in [2.24, 2.45) is 11.8 Å². The van der Waals surface area contributed by atoms with Crippen LogP contribution in [0.3, 0.4) is 0 Å². The predicted octanol–water partition coefficient (Wildman–Crippen LogP) is 2.89. The number of piperazine rings is 1. The summed E-state index contributed by atoms with van der Waals surface area (Å²) in [6, 6.07) is 0.779. The molecule has 2 rings (SSSR count). The minimum atomic E-state index is 0.389. The molecule has 0 aromatic carbocycles. The van der Waals surface area contributed by atoms with E-state index in [2.05, 4.69) is 37.9 Å². The highest BCUT2D eigenvalue weighted by Gasteiger charge is 2.41. The number of nitrogens with zero attached hydrogens (tertiary/aromatic N) is 1. The van der Waals surface area contributed by atoms with E-state index in [0.717, 1.165) is 17.9 Å². The quantitative estimate of drug-likeness (QED) is 0.792. The molecular weight excluding hydrogens is 208 g/mol. The van der Waals surface area contributed by atoms with Gasteiger partial charge in [0.2, 0.25) is 0 Å². The number of rotatable bonds is 5. The maximum atomic E-state index is 3.80. The van der Waals surface area contributed by atoms with Crippen molar-refractivity contribution in [3.05, 3.63) is 0 Å². The third-order valence-corrected chi connectivity index (χ3v) is 4.85. The maximum absolute atomic E-state index is 3.80. The van der Waals surface area contributed by atoms with Crippen LogP contribution in [-0.4, -0.2) is 36.1 Å². The van der Waals surface area contributed by atoms with Gasteiger partial charge in [0.1, 0.15) is 0 Å². The van der Waals surface area contributed by atoms with Gasteiger partial charge in [-0.25, -0.2) is 0 Å². The summed E-state index contributed by atoms with van der Waals surface area (Å²) >= 11 is 0. The average Bonchev–Trinajstić information content (AvgIpc) is 3.12. The first kappa shape index (κ1) is 13.4. The van der Waals surface area contributed by atoms with Crippen molar-refractivity contribution < 1.29 is 0 Å². The van der Waals surface area contributed by atoms with Crippen molar-refractivity contribution in [1.82, 2.24) is 10.2 Å².